The highest BCUT2D eigenvalue weighted by molar-refractivity contribution is 6.31. The molecular weight excluding hydrogens is 270 g/mol. The maximum atomic E-state index is 13.3. The van der Waals surface area contributed by atoms with Crippen LogP contribution in [0.1, 0.15) is 51.2 Å². The molecule has 0 amide bonds. The first-order chi connectivity index (χ1) is 8.83. The highest BCUT2D eigenvalue weighted by atomic mass is 35.5. The largest absolute Gasteiger partial charge is 0.388 e. The molecule has 1 aliphatic carbocycles. The van der Waals surface area contributed by atoms with Crippen LogP contribution in [0.4, 0.5) is 8.78 Å². The van der Waals surface area contributed by atoms with Gasteiger partial charge in [-0.3, -0.25) is 0 Å². The second-order valence-corrected chi connectivity index (χ2v) is 6.48. The van der Waals surface area contributed by atoms with Gasteiger partial charge in [-0.1, -0.05) is 38.3 Å². The summed E-state index contributed by atoms with van der Waals surface area (Å²) in [6.45, 7) is 4.21. The Morgan fingerprint density at radius 3 is 2.53 bits per heavy atom. The third-order valence-corrected chi connectivity index (χ3v) is 4.66. The van der Waals surface area contributed by atoms with Gasteiger partial charge in [0.1, 0.15) is 0 Å². The molecule has 0 radical (unpaired) electrons. The Kier molecular flexibility index (Phi) is 4.17. The van der Waals surface area contributed by atoms with Crippen LogP contribution < -0.4 is 0 Å². The number of benzene rings is 1. The van der Waals surface area contributed by atoms with Crippen molar-refractivity contribution >= 4 is 11.6 Å². The maximum Gasteiger partial charge on any atom is 0.160 e. The van der Waals surface area contributed by atoms with Crippen molar-refractivity contribution in [3.63, 3.8) is 0 Å². The van der Waals surface area contributed by atoms with Crippen molar-refractivity contribution in [1.29, 1.82) is 0 Å². The molecule has 0 saturated heterocycles. The van der Waals surface area contributed by atoms with Crippen molar-refractivity contribution in [2.75, 3.05) is 0 Å². The number of aliphatic hydroxyl groups excluding tert-OH is 1. The van der Waals surface area contributed by atoms with Crippen molar-refractivity contribution in [3.05, 3.63) is 34.4 Å². The molecule has 0 aliphatic heterocycles. The number of rotatable bonds is 2. The van der Waals surface area contributed by atoms with Crippen molar-refractivity contribution in [2.45, 2.75) is 45.6 Å². The molecule has 2 rings (SSSR count). The first-order valence-electron chi connectivity index (χ1n) is 6.65. The van der Waals surface area contributed by atoms with Gasteiger partial charge >= 0.3 is 0 Å². The molecule has 4 heteroatoms. The van der Waals surface area contributed by atoms with E-state index in [0.717, 1.165) is 37.8 Å². The zero-order valence-electron chi connectivity index (χ0n) is 11.2. The summed E-state index contributed by atoms with van der Waals surface area (Å²) < 4.78 is 26.4. The van der Waals surface area contributed by atoms with Gasteiger partial charge in [-0.05, 0) is 36.3 Å². The molecule has 1 aliphatic rings. The maximum absolute atomic E-state index is 13.3. The van der Waals surface area contributed by atoms with E-state index >= 15 is 0 Å². The fraction of sp³-hybridized carbons (Fsp3) is 0.600. The molecule has 2 atom stereocenters. The Hall–Kier alpha value is -0.670. The third-order valence-electron chi connectivity index (χ3n) is 4.33. The van der Waals surface area contributed by atoms with E-state index in [9.17, 15) is 13.9 Å². The number of hydrogen-bond donors (Lipinski definition) is 1. The van der Waals surface area contributed by atoms with Gasteiger partial charge in [-0.2, -0.15) is 0 Å². The fourth-order valence-corrected chi connectivity index (χ4v) is 3.35. The smallest absolute Gasteiger partial charge is 0.160 e. The minimum Gasteiger partial charge on any atom is -0.388 e. The topological polar surface area (TPSA) is 20.2 Å². The van der Waals surface area contributed by atoms with Crippen molar-refractivity contribution in [1.82, 2.24) is 0 Å². The van der Waals surface area contributed by atoms with Gasteiger partial charge in [0.05, 0.1) is 6.10 Å². The standard InChI is InChI=1S/C15H19ClF2O/c1-15(2)6-4-3-5-10(15)14(19)9-7-12(17)13(18)8-11(9)16/h7-8,10,14,19H,3-6H2,1-2H3. The van der Waals surface area contributed by atoms with Crippen LogP contribution in [-0.2, 0) is 0 Å². The van der Waals surface area contributed by atoms with Crippen LogP contribution >= 0.6 is 11.6 Å². The van der Waals surface area contributed by atoms with E-state index in [1.165, 1.54) is 0 Å². The van der Waals surface area contributed by atoms with Crippen LogP contribution in [0.2, 0.25) is 5.02 Å². The summed E-state index contributed by atoms with van der Waals surface area (Å²) in [5.41, 5.74) is 0.270. The van der Waals surface area contributed by atoms with Gasteiger partial charge in [-0.15, -0.1) is 0 Å². The van der Waals surface area contributed by atoms with E-state index in [1.807, 2.05) is 0 Å². The average molecular weight is 289 g/mol. The van der Waals surface area contributed by atoms with Crippen LogP contribution in [-0.4, -0.2) is 5.11 Å². The van der Waals surface area contributed by atoms with Crippen LogP contribution in [0.15, 0.2) is 12.1 Å². The summed E-state index contributed by atoms with van der Waals surface area (Å²) in [6.07, 6.45) is 3.24. The average Bonchev–Trinajstić information content (AvgIpc) is 2.32. The van der Waals surface area contributed by atoms with Crippen molar-refractivity contribution in [3.8, 4) is 0 Å². The normalized spacial score (nSPS) is 24.2. The lowest BCUT2D eigenvalue weighted by Gasteiger charge is -2.41. The Labute approximate surface area is 117 Å². The molecule has 0 heterocycles. The van der Waals surface area contributed by atoms with Gasteiger partial charge < -0.3 is 5.11 Å². The molecule has 1 fully saturated rings. The van der Waals surface area contributed by atoms with Gasteiger partial charge in [0, 0.05) is 10.6 Å². The molecule has 1 saturated carbocycles. The SMILES string of the molecule is CC1(C)CCCCC1C(O)c1cc(F)c(F)cc1Cl. The van der Waals surface area contributed by atoms with E-state index in [4.69, 9.17) is 11.6 Å². The Morgan fingerprint density at radius 2 is 1.89 bits per heavy atom. The number of hydrogen-bond acceptors (Lipinski definition) is 1. The molecule has 0 aromatic heterocycles. The molecule has 19 heavy (non-hydrogen) atoms. The molecule has 0 bridgehead atoms. The summed E-state index contributed by atoms with van der Waals surface area (Å²) in [6, 6.07) is 1.96. The number of halogens is 3. The quantitative estimate of drug-likeness (QED) is 0.770. The Bertz CT molecular complexity index is 473. The molecule has 106 valence electrons. The predicted octanol–water partition coefficient (Wildman–Crippen LogP) is 4.87. The highest BCUT2D eigenvalue weighted by Gasteiger charge is 2.38. The monoisotopic (exact) mass is 288 g/mol. The van der Waals surface area contributed by atoms with Crippen LogP contribution in [0, 0.1) is 23.0 Å². The van der Waals surface area contributed by atoms with Crippen molar-refractivity contribution < 1.29 is 13.9 Å². The van der Waals surface area contributed by atoms with E-state index in [1.54, 1.807) is 0 Å². The molecule has 1 aromatic carbocycles. The van der Waals surface area contributed by atoms with Gasteiger partial charge in [0.15, 0.2) is 11.6 Å². The summed E-state index contributed by atoms with van der Waals surface area (Å²) in [5.74, 6) is -1.93. The van der Waals surface area contributed by atoms with Crippen LogP contribution in [0.3, 0.4) is 0 Å². The zero-order chi connectivity index (χ0) is 14.2. The van der Waals surface area contributed by atoms with Crippen LogP contribution in [0.5, 0.6) is 0 Å². The predicted molar refractivity (Wildman–Crippen MR) is 72.1 cm³/mol. The minimum absolute atomic E-state index is 0.0172. The number of aliphatic hydroxyl groups is 1. The lowest BCUT2D eigenvalue weighted by atomic mass is 9.65. The molecular formula is C15H19ClF2O. The zero-order valence-corrected chi connectivity index (χ0v) is 12.0. The van der Waals surface area contributed by atoms with Gasteiger partial charge in [0.25, 0.3) is 0 Å². The summed E-state index contributed by atoms with van der Waals surface area (Å²) in [5, 5.41) is 10.6. The second-order valence-electron chi connectivity index (χ2n) is 6.07. The third kappa shape index (κ3) is 2.92. The van der Waals surface area contributed by atoms with Crippen molar-refractivity contribution in [2.24, 2.45) is 11.3 Å². The van der Waals surface area contributed by atoms with Gasteiger partial charge in [-0.25, -0.2) is 8.78 Å². The van der Waals surface area contributed by atoms with E-state index < -0.39 is 17.7 Å². The molecule has 1 N–H and O–H groups in total. The molecule has 2 unspecified atom stereocenters. The van der Waals surface area contributed by atoms with Crippen LogP contribution in [0.25, 0.3) is 0 Å². The second kappa shape index (κ2) is 5.37. The fourth-order valence-electron chi connectivity index (χ4n) is 3.09. The summed E-state index contributed by atoms with van der Waals surface area (Å²) in [4.78, 5) is 0. The van der Waals surface area contributed by atoms with E-state index in [-0.39, 0.29) is 16.4 Å². The van der Waals surface area contributed by atoms with E-state index in [2.05, 4.69) is 13.8 Å². The summed E-state index contributed by atoms with van der Waals surface area (Å²) in [7, 11) is 0. The Balaban J connectivity index is 2.33. The first kappa shape index (κ1) is 14.7. The van der Waals surface area contributed by atoms with E-state index in [0.29, 0.717) is 5.56 Å². The molecule has 1 aromatic rings. The Morgan fingerprint density at radius 1 is 1.26 bits per heavy atom. The van der Waals surface area contributed by atoms with Gasteiger partial charge in [0.2, 0.25) is 0 Å². The first-order valence-corrected chi connectivity index (χ1v) is 7.03. The highest BCUT2D eigenvalue weighted by Crippen LogP contribution is 2.47. The lowest BCUT2D eigenvalue weighted by Crippen LogP contribution is -2.32. The minimum atomic E-state index is -0.983. The summed E-state index contributed by atoms with van der Waals surface area (Å²) >= 11 is 5.94. The molecule has 1 nitrogen and oxygen atoms in total. The molecule has 0 spiro atoms. The lowest BCUT2D eigenvalue weighted by molar-refractivity contribution is 0.00371.